The number of aliphatic carboxylic acids is 1. The highest BCUT2D eigenvalue weighted by atomic mass is 16.4. The Morgan fingerprint density at radius 1 is 1.06 bits per heavy atom. The molecule has 1 N–H and O–H groups in total. The summed E-state index contributed by atoms with van der Waals surface area (Å²) in [5, 5.41) is 8.75. The van der Waals surface area contributed by atoms with Gasteiger partial charge in [-0.2, -0.15) is 0 Å². The Labute approximate surface area is 108 Å². The summed E-state index contributed by atoms with van der Waals surface area (Å²) in [6.45, 7) is 4.05. The zero-order valence-electron chi connectivity index (χ0n) is 10.8. The monoisotopic (exact) mass is 254 g/mol. The second-order valence-corrected chi connectivity index (χ2v) is 5.41. The minimum absolute atomic E-state index is 0.240. The third kappa shape index (κ3) is 3.70. The highest BCUT2D eigenvalue weighted by molar-refractivity contribution is 5.78. The Morgan fingerprint density at radius 3 is 2.22 bits per heavy atom. The van der Waals surface area contributed by atoms with Crippen LogP contribution in [0.4, 0.5) is 0 Å². The Balaban J connectivity index is 1.69. The van der Waals surface area contributed by atoms with Gasteiger partial charge in [0.15, 0.2) is 0 Å². The Hall–Kier alpha value is -1.10. The molecule has 0 saturated carbocycles. The van der Waals surface area contributed by atoms with Crippen LogP contribution in [0, 0.1) is 5.92 Å². The molecule has 2 saturated heterocycles. The molecule has 5 nitrogen and oxygen atoms in total. The lowest BCUT2D eigenvalue weighted by Gasteiger charge is -2.31. The van der Waals surface area contributed by atoms with E-state index in [4.69, 9.17) is 5.11 Å². The van der Waals surface area contributed by atoms with Crippen molar-refractivity contribution < 1.29 is 14.7 Å². The minimum Gasteiger partial charge on any atom is -0.481 e. The van der Waals surface area contributed by atoms with Crippen LogP contribution >= 0.6 is 0 Å². The third-order valence-electron chi connectivity index (χ3n) is 3.99. The van der Waals surface area contributed by atoms with E-state index in [2.05, 4.69) is 4.90 Å². The molecule has 0 aromatic rings. The van der Waals surface area contributed by atoms with Gasteiger partial charge in [0.25, 0.3) is 0 Å². The number of hydrogen-bond donors (Lipinski definition) is 1. The van der Waals surface area contributed by atoms with Gasteiger partial charge in [-0.05, 0) is 44.7 Å². The summed E-state index contributed by atoms with van der Waals surface area (Å²) in [4.78, 5) is 26.7. The van der Waals surface area contributed by atoms with Crippen molar-refractivity contribution in [3.8, 4) is 0 Å². The Bertz CT molecular complexity index is 305. The smallest absolute Gasteiger partial charge is 0.303 e. The van der Waals surface area contributed by atoms with Crippen LogP contribution in [0.25, 0.3) is 0 Å². The molecule has 2 rings (SSSR count). The van der Waals surface area contributed by atoms with E-state index < -0.39 is 5.97 Å². The second kappa shape index (κ2) is 6.18. The maximum Gasteiger partial charge on any atom is 0.303 e. The van der Waals surface area contributed by atoms with Gasteiger partial charge in [0.1, 0.15) is 0 Å². The van der Waals surface area contributed by atoms with Gasteiger partial charge in [0, 0.05) is 19.5 Å². The number of likely N-dealkylation sites (tertiary alicyclic amines) is 2. The van der Waals surface area contributed by atoms with Crippen molar-refractivity contribution in [1.82, 2.24) is 9.80 Å². The standard InChI is InChI=1S/C13H22N2O3/c16-12(15-5-1-2-6-15)10-14-7-3-11(4-8-14)9-13(17)18/h11H,1-10H2,(H,17,18). The first-order chi connectivity index (χ1) is 8.65. The molecule has 5 heteroatoms. The number of carboxylic acids is 1. The van der Waals surface area contributed by atoms with Crippen LogP contribution in [-0.2, 0) is 9.59 Å². The molecule has 0 aliphatic carbocycles. The van der Waals surface area contributed by atoms with E-state index in [0.29, 0.717) is 12.5 Å². The maximum absolute atomic E-state index is 12.0. The second-order valence-electron chi connectivity index (χ2n) is 5.41. The van der Waals surface area contributed by atoms with Gasteiger partial charge in [-0.15, -0.1) is 0 Å². The van der Waals surface area contributed by atoms with E-state index >= 15 is 0 Å². The zero-order valence-corrected chi connectivity index (χ0v) is 10.8. The summed E-state index contributed by atoms with van der Waals surface area (Å²) >= 11 is 0. The van der Waals surface area contributed by atoms with Gasteiger partial charge in [0.05, 0.1) is 6.54 Å². The normalized spacial score (nSPS) is 22.3. The first-order valence-corrected chi connectivity index (χ1v) is 6.87. The van der Waals surface area contributed by atoms with Gasteiger partial charge in [0.2, 0.25) is 5.91 Å². The molecule has 0 unspecified atom stereocenters. The average molecular weight is 254 g/mol. The number of hydrogen-bond acceptors (Lipinski definition) is 3. The lowest BCUT2D eigenvalue weighted by molar-refractivity contribution is -0.139. The van der Waals surface area contributed by atoms with Crippen LogP contribution < -0.4 is 0 Å². The molecule has 0 bridgehead atoms. The molecule has 2 aliphatic rings. The molecule has 102 valence electrons. The number of piperidine rings is 1. The first-order valence-electron chi connectivity index (χ1n) is 6.87. The largest absolute Gasteiger partial charge is 0.481 e. The Kier molecular flexibility index (Phi) is 4.58. The van der Waals surface area contributed by atoms with E-state index in [1.54, 1.807) is 0 Å². The number of carbonyl (C=O) groups excluding carboxylic acids is 1. The zero-order chi connectivity index (χ0) is 13.0. The van der Waals surface area contributed by atoms with Crippen molar-refractivity contribution in [2.45, 2.75) is 32.1 Å². The van der Waals surface area contributed by atoms with Gasteiger partial charge in [-0.3, -0.25) is 14.5 Å². The molecular weight excluding hydrogens is 232 g/mol. The van der Waals surface area contributed by atoms with Crippen LogP contribution in [0.2, 0.25) is 0 Å². The van der Waals surface area contributed by atoms with Crippen LogP contribution in [0.3, 0.4) is 0 Å². The van der Waals surface area contributed by atoms with E-state index in [0.717, 1.165) is 51.9 Å². The van der Waals surface area contributed by atoms with Gasteiger partial charge < -0.3 is 10.0 Å². The highest BCUT2D eigenvalue weighted by Gasteiger charge is 2.25. The summed E-state index contributed by atoms with van der Waals surface area (Å²) < 4.78 is 0. The molecule has 0 aromatic carbocycles. The quantitative estimate of drug-likeness (QED) is 0.806. The van der Waals surface area contributed by atoms with E-state index in [1.807, 2.05) is 4.90 Å². The highest BCUT2D eigenvalue weighted by Crippen LogP contribution is 2.20. The van der Waals surface area contributed by atoms with Crippen LogP contribution in [0.1, 0.15) is 32.1 Å². The summed E-state index contributed by atoms with van der Waals surface area (Å²) in [6.07, 6.45) is 4.34. The van der Waals surface area contributed by atoms with Crippen LogP contribution in [0.15, 0.2) is 0 Å². The molecule has 0 aromatic heterocycles. The van der Waals surface area contributed by atoms with Crippen LogP contribution in [0.5, 0.6) is 0 Å². The fourth-order valence-electron chi connectivity index (χ4n) is 2.85. The molecule has 2 fully saturated rings. The van der Waals surface area contributed by atoms with Gasteiger partial charge >= 0.3 is 5.97 Å². The van der Waals surface area contributed by atoms with E-state index in [9.17, 15) is 9.59 Å². The van der Waals surface area contributed by atoms with E-state index in [-0.39, 0.29) is 12.3 Å². The predicted octanol–water partition coefficient (Wildman–Crippen LogP) is 0.795. The summed E-state index contributed by atoms with van der Waals surface area (Å²) in [5.74, 6) is -0.175. The summed E-state index contributed by atoms with van der Waals surface area (Å²) in [7, 11) is 0. The number of carboxylic acid groups (broad SMARTS) is 1. The molecule has 2 heterocycles. The molecule has 0 radical (unpaired) electrons. The van der Waals surface area contributed by atoms with Crippen molar-refractivity contribution in [1.29, 1.82) is 0 Å². The van der Waals surface area contributed by atoms with Crippen molar-refractivity contribution in [3.05, 3.63) is 0 Å². The number of carbonyl (C=O) groups is 2. The van der Waals surface area contributed by atoms with E-state index in [1.165, 1.54) is 0 Å². The van der Waals surface area contributed by atoms with Gasteiger partial charge in [-0.1, -0.05) is 0 Å². The summed E-state index contributed by atoms with van der Waals surface area (Å²) in [6, 6.07) is 0. The van der Waals surface area contributed by atoms with Crippen molar-refractivity contribution in [3.63, 3.8) is 0 Å². The fourth-order valence-corrected chi connectivity index (χ4v) is 2.85. The number of rotatable bonds is 4. The predicted molar refractivity (Wildman–Crippen MR) is 67.2 cm³/mol. The SMILES string of the molecule is O=C(O)CC1CCN(CC(=O)N2CCCC2)CC1. The molecule has 2 aliphatic heterocycles. The summed E-state index contributed by atoms with van der Waals surface area (Å²) in [5.41, 5.74) is 0. The lowest BCUT2D eigenvalue weighted by atomic mass is 9.94. The third-order valence-corrected chi connectivity index (χ3v) is 3.99. The first kappa shape index (κ1) is 13.3. The molecule has 0 atom stereocenters. The van der Waals surface area contributed by atoms with Crippen molar-refractivity contribution in [2.75, 3.05) is 32.7 Å². The number of nitrogens with zero attached hydrogens (tertiary/aromatic N) is 2. The topological polar surface area (TPSA) is 60.9 Å². The van der Waals surface area contributed by atoms with Crippen molar-refractivity contribution in [2.24, 2.45) is 5.92 Å². The Morgan fingerprint density at radius 2 is 1.67 bits per heavy atom. The molecule has 1 amide bonds. The average Bonchev–Trinajstić information content (AvgIpc) is 2.84. The number of amides is 1. The maximum atomic E-state index is 12.0. The molecular formula is C13H22N2O3. The molecule has 0 spiro atoms. The minimum atomic E-state index is -0.707. The lowest BCUT2D eigenvalue weighted by Crippen LogP contribution is -2.42. The van der Waals surface area contributed by atoms with Crippen molar-refractivity contribution >= 4 is 11.9 Å². The van der Waals surface area contributed by atoms with Gasteiger partial charge in [-0.25, -0.2) is 0 Å². The fraction of sp³-hybridized carbons (Fsp3) is 0.846. The van der Waals surface area contributed by atoms with Crippen LogP contribution in [-0.4, -0.2) is 59.5 Å². The molecule has 18 heavy (non-hydrogen) atoms.